The highest BCUT2D eigenvalue weighted by Crippen LogP contribution is 2.26. The van der Waals surface area contributed by atoms with Crippen LogP contribution in [0.15, 0.2) is 29.2 Å². The van der Waals surface area contributed by atoms with Crippen molar-refractivity contribution >= 4 is 32.1 Å². The number of sulfonamides is 1. The van der Waals surface area contributed by atoms with Gasteiger partial charge in [-0.05, 0) is 26.0 Å². The molecule has 0 bridgehead atoms. The molecule has 2 aromatic rings. The lowest BCUT2D eigenvalue weighted by Gasteiger charge is -2.21. The third-order valence-corrected chi connectivity index (χ3v) is 5.54. The van der Waals surface area contributed by atoms with Gasteiger partial charge in [0.2, 0.25) is 5.95 Å². The maximum Gasteiger partial charge on any atom is 0.339 e. The van der Waals surface area contributed by atoms with Gasteiger partial charge in [-0.1, -0.05) is 12.1 Å². The molecule has 0 spiro atoms. The summed E-state index contributed by atoms with van der Waals surface area (Å²) in [4.78, 5) is 23.1. The summed E-state index contributed by atoms with van der Waals surface area (Å²) in [7, 11) is -9.77. The highest BCUT2D eigenvalue weighted by Gasteiger charge is 2.35. The molecule has 1 aromatic heterocycles. The van der Waals surface area contributed by atoms with Gasteiger partial charge in [-0.25, -0.2) is 18.2 Å². The number of urea groups is 1. The Morgan fingerprint density at radius 3 is 2.15 bits per heavy atom. The quantitative estimate of drug-likeness (QED) is 0.571. The maximum absolute atomic E-state index is 12.7. The molecule has 2 amide bonds. The van der Waals surface area contributed by atoms with E-state index in [-0.39, 0.29) is 21.9 Å². The van der Waals surface area contributed by atoms with E-state index >= 15 is 0 Å². The molecule has 1 aromatic carbocycles. The number of rotatable bonds is 5. The van der Waals surface area contributed by atoms with Crippen molar-refractivity contribution in [1.29, 1.82) is 0 Å². The van der Waals surface area contributed by atoms with Gasteiger partial charge in [-0.15, -0.1) is 0 Å². The van der Waals surface area contributed by atoms with E-state index in [4.69, 9.17) is 4.55 Å². The van der Waals surface area contributed by atoms with E-state index in [2.05, 4.69) is 15.0 Å². The minimum Gasteiger partial charge on any atom is -0.507 e. The van der Waals surface area contributed by atoms with Gasteiger partial charge in [-0.3, -0.25) is 9.87 Å². The first-order chi connectivity index (χ1) is 12.4. The van der Waals surface area contributed by atoms with E-state index in [0.29, 0.717) is 0 Å². The van der Waals surface area contributed by atoms with Crippen molar-refractivity contribution < 1.29 is 31.3 Å². The van der Waals surface area contributed by atoms with Crippen molar-refractivity contribution in [3.63, 3.8) is 0 Å². The van der Waals surface area contributed by atoms with Gasteiger partial charge in [0.05, 0.1) is 0 Å². The fourth-order valence-corrected chi connectivity index (χ4v) is 4.46. The molecule has 3 N–H and O–H groups in total. The number of carbonyl (C=O) groups is 1. The SMILES string of the molecule is Cc1nc(C)nc(NC(=O)N(CS(=O)(=O)O)S(=O)(=O)c2ccccc2O)n1. The first-order valence-electron chi connectivity index (χ1n) is 7.16. The molecule has 1 heterocycles. The standard InChI is InChI=1S/C13H15N5O7S2/c1-8-14-9(2)16-12(15-8)17-13(20)18(7-26(21,22)23)27(24,25)11-6-4-3-5-10(11)19/h3-6,19H,7H2,1-2H3,(H,21,22,23)(H,14,15,16,17,20). The van der Waals surface area contributed by atoms with E-state index in [1.54, 1.807) is 0 Å². The van der Waals surface area contributed by atoms with Crippen LogP contribution in [0, 0.1) is 13.8 Å². The van der Waals surface area contributed by atoms with Crippen molar-refractivity contribution in [3.8, 4) is 5.75 Å². The van der Waals surface area contributed by atoms with Gasteiger partial charge in [0.25, 0.3) is 20.1 Å². The van der Waals surface area contributed by atoms with Crippen LogP contribution in [0.1, 0.15) is 11.6 Å². The number of phenolic OH excluding ortho intramolecular Hbond substituents is 1. The molecular weight excluding hydrogens is 402 g/mol. The van der Waals surface area contributed by atoms with Gasteiger partial charge in [-0.2, -0.15) is 22.7 Å². The summed E-state index contributed by atoms with van der Waals surface area (Å²) in [6, 6.07) is 3.13. The zero-order valence-corrected chi connectivity index (χ0v) is 15.7. The van der Waals surface area contributed by atoms with Crippen molar-refractivity contribution in [2.45, 2.75) is 18.7 Å². The minimum absolute atomic E-state index is 0.161. The summed E-state index contributed by atoms with van der Waals surface area (Å²) in [5.74, 6) is -2.17. The molecule has 0 radical (unpaired) electrons. The number of anilines is 1. The van der Waals surface area contributed by atoms with Gasteiger partial charge in [0.1, 0.15) is 22.3 Å². The zero-order chi connectivity index (χ0) is 20.4. The number of para-hydroxylation sites is 1. The third-order valence-electron chi connectivity index (χ3n) is 3.02. The number of phenols is 1. The Kier molecular flexibility index (Phi) is 5.62. The summed E-state index contributed by atoms with van der Waals surface area (Å²) < 4.78 is 56.7. The fourth-order valence-electron chi connectivity index (χ4n) is 2.01. The minimum atomic E-state index is -4.93. The van der Waals surface area contributed by atoms with Crippen molar-refractivity contribution in [2.24, 2.45) is 0 Å². The Morgan fingerprint density at radius 2 is 1.63 bits per heavy atom. The summed E-state index contributed by atoms with van der Waals surface area (Å²) in [5.41, 5.74) is 0. The average molecular weight is 417 g/mol. The van der Waals surface area contributed by atoms with Crippen molar-refractivity contribution in [1.82, 2.24) is 19.3 Å². The molecule has 0 aliphatic carbocycles. The lowest BCUT2D eigenvalue weighted by Crippen LogP contribution is -2.43. The highest BCUT2D eigenvalue weighted by molar-refractivity contribution is 7.91. The summed E-state index contributed by atoms with van der Waals surface area (Å²) in [6.45, 7) is 3.00. The summed E-state index contributed by atoms with van der Waals surface area (Å²) in [5, 5.41) is 11.8. The number of nitrogens with one attached hydrogen (secondary N) is 1. The molecule has 0 saturated carbocycles. The van der Waals surface area contributed by atoms with Crippen LogP contribution in [-0.4, -0.2) is 57.7 Å². The number of aryl methyl sites for hydroxylation is 2. The number of benzene rings is 1. The second-order valence-electron chi connectivity index (χ2n) is 5.22. The largest absolute Gasteiger partial charge is 0.507 e. The summed E-state index contributed by atoms with van der Waals surface area (Å²) in [6.07, 6.45) is 0. The van der Waals surface area contributed by atoms with Gasteiger partial charge < -0.3 is 5.11 Å². The zero-order valence-electron chi connectivity index (χ0n) is 14.1. The van der Waals surface area contributed by atoms with Crippen LogP contribution in [0.4, 0.5) is 10.7 Å². The van der Waals surface area contributed by atoms with E-state index in [1.165, 1.54) is 26.0 Å². The fraction of sp³-hybridized carbons (Fsp3) is 0.231. The van der Waals surface area contributed by atoms with E-state index < -0.39 is 42.7 Å². The molecule has 146 valence electrons. The number of amides is 2. The number of aromatic nitrogens is 3. The van der Waals surface area contributed by atoms with Gasteiger partial charge in [0, 0.05) is 0 Å². The molecule has 2 rings (SSSR count). The molecular formula is C13H15N5O7S2. The normalized spacial score (nSPS) is 11.8. The molecule has 0 saturated heterocycles. The number of aromatic hydroxyl groups is 1. The maximum atomic E-state index is 12.7. The third kappa shape index (κ3) is 5.08. The van der Waals surface area contributed by atoms with E-state index in [9.17, 15) is 26.7 Å². The van der Waals surface area contributed by atoms with Crippen molar-refractivity contribution in [3.05, 3.63) is 35.9 Å². The van der Waals surface area contributed by atoms with Crippen LogP contribution in [-0.2, 0) is 20.1 Å². The van der Waals surface area contributed by atoms with Crippen LogP contribution in [0.2, 0.25) is 0 Å². The molecule has 0 unspecified atom stereocenters. The Hall–Kier alpha value is -2.84. The number of carbonyl (C=O) groups excluding carboxylic acids is 1. The predicted molar refractivity (Wildman–Crippen MR) is 91.9 cm³/mol. The highest BCUT2D eigenvalue weighted by atomic mass is 32.2. The molecule has 0 fully saturated rings. The second kappa shape index (κ2) is 7.42. The number of hydrogen-bond donors (Lipinski definition) is 3. The Morgan fingerprint density at radius 1 is 1.07 bits per heavy atom. The van der Waals surface area contributed by atoms with Gasteiger partial charge in [0.15, 0.2) is 5.88 Å². The van der Waals surface area contributed by atoms with Crippen molar-refractivity contribution in [2.75, 3.05) is 11.2 Å². The smallest absolute Gasteiger partial charge is 0.339 e. The first kappa shape index (κ1) is 20.5. The molecule has 0 atom stereocenters. The lowest BCUT2D eigenvalue weighted by atomic mass is 10.3. The van der Waals surface area contributed by atoms with Crippen LogP contribution >= 0.6 is 0 Å². The molecule has 0 aliphatic heterocycles. The molecule has 14 heteroatoms. The van der Waals surface area contributed by atoms with Crippen LogP contribution < -0.4 is 5.32 Å². The topological polar surface area (TPSA) is 180 Å². The van der Waals surface area contributed by atoms with Crippen LogP contribution in [0.5, 0.6) is 5.75 Å². The van der Waals surface area contributed by atoms with Gasteiger partial charge >= 0.3 is 6.03 Å². The Balaban J connectivity index is 2.48. The summed E-state index contributed by atoms with van der Waals surface area (Å²) >= 11 is 0. The van der Waals surface area contributed by atoms with E-state index in [0.717, 1.165) is 12.1 Å². The Labute approximate surface area is 154 Å². The molecule has 0 aliphatic rings. The monoisotopic (exact) mass is 417 g/mol. The second-order valence-corrected chi connectivity index (χ2v) is 8.47. The van der Waals surface area contributed by atoms with Crippen LogP contribution in [0.3, 0.4) is 0 Å². The lowest BCUT2D eigenvalue weighted by molar-refractivity contribution is 0.238. The van der Waals surface area contributed by atoms with Crippen LogP contribution in [0.25, 0.3) is 0 Å². The predicted octanol–water partition coefficient (Wildman–Crippen LogP) is 0.262. The Bertz CT molecular complexity index is 1070. The average Bonchev–Trinajstić information content (AvgIpc) is 2.50. The molecule has 12 nitrogen and oxygen atoms in total. The van der Waals surface area contributed by atoms with E-state index in [1.807, 2.05) is 5.32 Å². The molecule has 27 heavy (non-hydrogen) atoms. The number of nitrogens with zero attached hydrogens (tertiary/aromatic N) is 4. The first-order valence-corrected chi connectivity index (χ1v) is 10.2. The number of hydrogen-bond acceptors (Lipinski definition) is 9.